The van der Waals surface area contributed by atoms with E-state index >= 15 is 0 Å². The summed E-state index contributed by atoms with van der Waals surface area (Å²) in [7, 11) is 0. The molecule has 28 heavy (non-hydrogen) atoms. The van der Waals surface area contributed by atoms with E-state index in [2.05, 4.69) is 26.6 Å². The number of thiophene rings is 1. The molecule has 0 unspecified atom stereocenters. The normalized spacial score (nSPS) is 10.6. The van der Waals surface area contributed by atoms with E-state index in [9.17, 15) is 18.4 Å². The highest BCUT2D eigenvalue weighted by atomic mass is 79.9. The Balaban J connectivity index is 1.77. The largest absolute Gasteiger partial charge is 0.319 e. The SMILES string of the molecule is Cc1cc(NC(=O)c2ccc(F)cc2Cl)sc1C(=O)Nc1ccc(Br)cc1F. The van der Waals surface area contributed by atoms with Crippen LogP contribution in [0.4, 0.5) is 19.5 Å². The molecule has 1 heterocycles. The van der Waals surface area contributed by atoms with Gasteiger partial charge in [-0.1, -0.05) is 27.5 Å². The first kappa shape index (κ1) is 20.4. The predicted octanol–water partition coefficient (Wildman–Crippen LogP) is 6.26. The van der Waals surface area contributed by atoms with Crippen LogP contribution in [0.3, 0.4) is 0 Å². The molecule has 0 aliphatic heterocycles. The lowest BCUT2D eigenvalue weighted by atomic mass is 10.2. The zero-order chi connectivity index (χ0) is 20.4. The topological polar surface area (TPSA) is 58.2 Å². The van der Waals surface area contributed by atoms with Gasteiger partial charge in [-0.25, -0.2) is 8.78 Å². The molecule has 4 nitrogen and oxygen atoms in total. The van der Waals surface area contributed by atoms with E-state index in [0.717, 1.165) is 23.5 Å². The number of rotatable bonds is 4. The van der Waals surface area contributed by atoms with Gasteiger partial charge >= 0.3 is 0 Å². The van der Waals surface area contributed by atoms with Gasteiger partial charge in [-0.05, 0) is 55.0 Å². The minimum Gasteiger partial charge on any atom is -0.319 e. The van der Waals surface area contributed by atoms with Crippen LogP contribution < -0.4 is 10.6 Å². The van der Waals surface area contributed by atoms with E-state index in [0.29, 0.717) is 19.9 Å². The Morgan fingerprint density at radius 2 is 1.79 bits per heavy atom. The van der Waals surface area contributed by atoms with Crippen molar-refractivity contribution >= 4 is 61.4 Å². The van der Waals surface area contributed by atoms with Crippen molar-refractivity contribution in [1.29, 1.82) is 0 Å². The Hall–Kier alpha value is -2.29. The lowest BCUT2D eigenvalue weighted by Gasteiger charge is -2.06. The fourth-order valence-electron chi connectivity index (χ4n) is 2.39. The zero-order valence-electron chi connectivity index (χ0n) is 14.3. The van der Waals surface area contributed by atoms with Crippen LogP contribution in [0.15, 0.2) is 46.9 Å². The number of carbonyl (C=O) groups excluding carboxylic acids is 2. The summed E-state index contributed by atoms with van der Waals surface area (Å²) in [5, 5.41) is 5.53. The highest BCUT2D eigenvalue weighted by molar-refractivity contribution is 9.10. The molecular weight excluding hydrogens is 474 g/mol. The molecule has 0 atom stereocenters. The van der Waals surface area contributed by atoms with Gasteiger partial charge in [0.2, 0.25) is 0 Å². The maximum Gasteiger partial charge on any atom is 0.266 e. The van der Waals surface area contributed by atoms with Crippen molar-refractivity contribution in [2.45, 2.75) is 6.92 Å². The van der Waals surface area contributed by atoms with Gasteiger partial charge in [0, 0.05) is 4.47 Å². The van der Waals surface area contributed by atoms with Crippen LogP contribution >= 0.6 is 38.9 Å². The number of hydrogen-bond acceptors (Lipinski definition) is 3. The van der Waals surface area contributed by atoms with Crippen LogP contribution in [-0.4, -0.2) is 11.8 Å². The Kier molecular flexibility index (Phi) is 6.12. The van der Waals surface area contributed by atoms with Crippen molar-refractivity contribution in [3.63, 3.8) is 0 Å². The predicted molar refractivity (Wildman–Crippen MR) is 110 cm³/mol. The van der Waals surface area contributed by atoms with E-state index in [4.69, 9.17) is 11.6 Å². The molecule has 2 aromatic carbocycles. The van der Waals surface area contributed by atoms with Gasteiger partial charge in [0.1, 0.15) is 11.6 Å². The van der Waals surface area contributed by atoms with E-state index in [1.54, 1.807) is 19.1 Å². The first-order chi connectivity index (χ1) is 13.2. The highest BCUT2D eigenvalue weighted by Gasteiger charge is 2.18. The number of aryl methyl sites for hydroxylation is 1. The molecule has 3 aromatic rings. The second-order valence-electron chi connectivity index (χ2n) is 5.78. The summed E-state index contributed by atoms with van der Waals surface area (Å²) < 4.78 is 27.6. The van der Waals surface area contributed by atoms with Crippen molar-refractivity contribution in [3.05, 3.63) is 79.6 Å². The quantitative estimate of drug-likeness (QED) is 0.458. The summed E-state index contributed by atoms with van der Waals surface area (Å²) >= 11 is 10.1. The summed E-state index contributed by atoms with van der Waals surface area (Å²) in [4.78, 5) is 25.1. The molecule has 0 radical (unpaired) electrons. The van der Waals surface area contributed by atoms with Crippen LogP contribution in [0.1, 0.15) is 25.6 Å². The van der Waals surface area contributed by atoms with Crippen molar-refractivity contribution in [3.8, 4) is 0 Å². The van der Waals surface area contributed by atoms with Crippen molar-refractivity contribution < 1.29 is 18.4 Å². The number of anilines is 2. The van der Waals surface area contributed by atoms with Gasteiger partial charge in [0.05, 0.1) is 26.2 Å². The van der Waals surface area contributed by atoms with Gasteiger partial charge in [0.25, 0.3) is 11.8 Å². The minimum atomic E-state index is -0.573. The third-order valence-electron chi connectivity index (χ3n) is 3.72. The summed E-state index contributed by atoms with van der Waals surface area (Å²) in [6, 6.07) is 9.37. The number of hydrogen-bond donors (Lipinski definition) is 2. The Labute approximate surface area is 176 Å². The molecule has 3 rings (SSSR count). The summed E-state index contributed by atoms with van der Waals surface area (Å²) in [5.74, 6) is -2.15. The first-order valence-corrected chi connectivity index (χ1v) is 9.86. The van der Waals surface area contributed by atoms with Crippen LogP contribution in [0, 0.1) is 18.6 Å². The minimum absolute atomic E-state index is 0.0190. The molecule has 0 saturated heterocycles. The zero-order valence-corrected chi connectivity index (χ0v) is 17.4. The third kappa shape index (κ3) is 4.57. The smallest absolute Gasteiger partial charge is 0.266 e. The maximum absolute atomic E-state index is 13.9. The van der Waals surface area contributed by atoms with Crippen LogP contribution in [-0.2, 0) is 0 Å². The number of amides is 2. The lowest BCUT2D eigenvalue weighted by molar-refractivity contribution is 0.102. The van der Waals surface area contributed by atoms with Gasteiger partial charge in [-0.2, -0.15) is 0 Å². The molecule has 0 saturated carbocycles. The van der Waals surface area contributed by atoms with Crippen molar-refractivity contribution in [2.75, 3.05) is 10.6 Å². The van der Waals surface area contributed by atoms with Crippen LogP contribution in [0.5, 0.6) is 0 Å². The summed E-state index contributed by atoms with van der Waals surface area (Å²) in [6.45, 7) is 1.70. The number of halogens is 4. The average Bonchev–Trinajstić information content (AvgIpc) is 2.97. The second-order valence-corrected chi connectivity index (χ2v) is 8.15. The maximum atomic E-state index is 13.9. The highest BCUT2D eigenvalue weighted by Crippen LogP contribution is 2.29. The third-order valence-corrected chi connectivity index (χ3v) is 5.67. The van der Waals surface area contributed by atoms with Crippen LogP contribution in [0.2, 0.25) is 5.02 Å². The molecule has 0 aliphatic rings. The van der Waals surface area contributed by atoms with Gasteiger partial charge in [-0.15, -0.1) is 11.3 Å². The molecule has 9 heteroatoms. The van der Waals surface area contributed by atoms with E-state index in [1.807, 2.05) is 0 Å². The van der Waals surface area contributed by atoms with Crippen molar-refractivity contribution in [2.24, 2.45) is 0 Å². The fraction of sp³-hybridized carbons (Fsp3) is 0.0526. The van der Waals surface area contributed by atoms with E-state index < -0.39 is 23.4 Å². The molecule has 1 aromatic heterocycles. The van der Waals surface area contributed by atoms with Gasteiger partial charge in [-0.3, -0.25) is 9.59 Å². The molecular formula is C19H12BrClF2N2O2S. The fourth-order valence-corrected chi connectivity index (χ4v) is 3.94. The number of benzene rings is 2. The summed E-state index contributed by atoms with van der Waals surface area (Å²) in [5.41, 5.74) is 0.766. The Morgan fingerprint density at radius 1 is 1.04 bits per heavy atom. The van der Waals surface area contributed by atoms with Crippen molar-refractivity contribution in [1.82, 2.24) is 0 Å². The Morgan fingerprint density at radius 3 is 2.46 bits per heavy atom. The van der Waals surface area contributed by atoms with Gasteiger partial charge < -0.3 is 10.6 Å². The van der Waals surface area contributed by atoms with E-state index in [1.165, 1.54) is 18.2 Å². The number of carbonyl (C=O) groups is 2. The first-order valence-electron chi connectivity index (χ1n) is 7.88. The lowest BCUT2D eigenvalue weighted by Crippen LogP contribution is -2.12. The molecule has 0 spiro atoms. The number of nitrogens with one attached hydrogen (secondary N) is 2. The second kappa shape index (κ2) is 8.38. The monoisotopic (exact) mass is 484 g/mol. The van der Waals surface area contributed by atoms with Crippen LogP contribution in [0.25, 0.3) is 0 Å². The summed E-state index contributed by atoms with van der Waals surface area (Å²) in [6.07, 6.45) is 0. The van der Waals surface area contributed by atoms with E-state index in [-0.39, 0.29) is 16.3 Å². The standard InChI is InChI=1S/C19H12BrClF2N2O2S/c1-9-6-16(25-18(26)12-4-3-11(22)8-13(12)21)28-17(9)19(27)24-15-5-2-10(20)7-14(15)23/h2-8H,1H3,(H,24,27)(H,25,26). The molecule has 0 aliphatic carbocycles. The molecule has 0 fully saturated rings. The molecule has 144 valence electrons. The van der Waals surface area contributed by atoms with Gasteiger partial charge in [0.15, 0.2) is 0 Å². The average molecular weight is 486 g/mol. The molecule has 0 bridgehead atoms. The molecule has 2 amide bonds. The molecule has 2 N–H and O–H groups in total. The Bertz CT molecular complexity index is 1090.